The number of aromatic amines is 2. The van der Waals surface area contributed by atoms with Crippen molar-refractivity contribution in [1.82, 2.24) is 30.3 Å². The van der Waals surface area contributed by atoms with Crippen molar-refractivity contribution in [3.8, 4) is 11.1 Å². The van der Waals surface area contributed by atoms with Gasteiger partial charge in [0.15, 0.2) is 5.82 Å². The zero-order valence-electron chi connectivity index (χ0n) is 15.8. The smallest absolute Gasteiger partial charge is 0.223 e. The second kappa shape index (κ2) is 7.92. The number of aromatic nitrogens is 5. The fraction of sp³-hybridized carbons (Fsp3) is 0.400. The maximum atomic E-state index is 13.6. The number of aryl methyl sites for hydroxylation is 2. The van der Waals surface area contributed by atoms with Crippen LogP contribution in [0.4, 0.5) is 4.39 Å². The molecular weight excluding hydrogens is 359 g/mol. The molecule has 146 valence electrons. The van der Waals surface area contributed by atoms with E-state index in [4.69, 9.17) is 0 Å². The number of H-pyrrole nitrogens is 2. The lowest BCUT2D eigenvalue weighted by Crippen LogP contribution is -2.38. The van der Waals surface area contributed by atoms with Gasteiger partial charge in [-0.05, 0) is 37.5 Å². The van der Waals surface area contributed by atoms with Crippen LogP contribution in [0.2, 0.25) is 0 Å². The molecule has 28 heavy (non-hydrogen) atoms. The highest BCUT2D eigenvalue weighted by Gasteiger charge is 2.26. The van der Waals surface area contributed by atoms with E-state index in [9.17, 15) is 9.18 Å². The van der Waals surface area contributed by atoms with Crippen molar-refractivity contribution in [1.29, 1.82) is 0 Å². The van der Waals surface area contributed by atoms with Crippen LogP contribution in [-0.4, -0.2) is 49.3 Å². The molecule has 0 bridgehead atoms. The molecule has 1 aromatic carbocycles. The summed E-state index contributed by atoms with van der Waals surface area (Å²) in [6.45, 7) is 3.26. The monoisotopic (exact) mass is 382 g/mol. The number of carbonyl (C=O) groups is 1. The maximum Gasteiger partial charge on any atom is 0.223 e. The molecule has 1 aliphatic rings. The van der Waals surface area contributed by atoms with Gasteiger partial charge in [-0.1, -0.05) is 12.1 Å². The van der Waals surface area contributed by atoms with Crippen LogP contribution in [0.1, 0.15) is 42.5 Å². The molecule has 2 aromatic heterocycles. The third kappa shape index (κ3) is 3.95. The SMILES string of the molecule is Cc1nc(CCC(=O)N2CCC(c3[nH]ncc3-c3cccc(F)c3)CC2)n[nH]1. The van der Waals surface area contributed by atoms with Crippen LogP contribution in [-0.2, 0) is 11.2 Å². The fourth-order valence-electron chi connectivity index (χ4n) is 3.79. The number of nitrogens with zero attached hydrogens (tertiary/aromatic N) is 4. The first kappa shape index (κ1) is 18.3. The molecule has 4 rings (SSSR count). The Kier molecular flexibility index (Phi) is 5.18. The predicted molar refractivity (Wildman–Crippen MR) is 102 cm³/mol. The van der Waals surface area contributed by atoms with E-state index < -0.39 is 0 Å². The molecule has 0 aliphatic carbocycles. The highest BCUT2D eigenvalue weighted by atomic mass is 19.1. The number of piperidine rings is 1. The van der Waals surface area contributed by atoms with Crippen molar-refractivity contribution in [3.05, 3.63) is 53.6 Å². The summed E-state index contributed by atoms with van der Waals surface area (Å²) in [6, 6.07) is 6.56. The number of rotatable bonds is 5. The van der Waals surface area contributed by atoms with Crippen LogP contribution >= 0.6 is 0 Å². The van der Waals surface area contributed by atoms with Gasteiger partial charge in [0.25, 0.3) is 0 Å². The second-order valence-electron chi connectivity index (χ2n) is 7.20. The van der Waals surface area contributed by atoms with Gasteiger partial charge in [0.2, 0.25) is 5.91 Å². The van der Waals surface area contributed by atoms with Crippen LogP contribution in [0.25, 0.3) is 11.1 Å². The minimum atomic E-state index is -0.258. The number of halogens is 1. The second-order valence-corrected chi connectivity index (χ2v) is 7.20. The number of hydrogen-bond acceptors (Lipinski definition) is 4. The van der Waals surface area contributed by atoms with Crippen molar-refractivity contribution >= 4 is 5.91 Å². The standard InChI is InChI=1S/C20H23FN6O/c1-13-23-18(25-24-13)5-6-19(28)27-9-7-14(8-10-27)20-17(12-22-26-20)15-3-2-4-16(21)11-15/h2-4,11-12,14H,5-10H2,1H3,(H,22,26)(H,23,24,25). The first-order valence-corrected chi connectivity index (χ1v) is 9.55. The number of hydrogen-bond donors (Lipinski definition) is 2. The van der Waals surface area contributed by atoms with Crippen molar-refractivity contribution in [2.24, 2.45) is 0 Å². The summed E-state index contributed by atoms with van der Waals surface area (Å²) >= 11 is 0. The van der Waals surface area contributed by atoms with E-state index in [2.05, 4.69) is 25.4 Å². The lowest BCUT2D eigenvalue weighted by atomic mass is 9.89. The van der Waals surface area contributed by atoms with Gasteiger partial charge in [0.1, 0.15) is 11.6 Å². The average molecular weight is 382 g/mol. The van der Waals surface area contributed by atoms with Crippen LogP contribution in [0.3, 0.4) is 0 Å². The lowest BCUT2D eigenvalue weighted by molar-refractivity contribution is -0.132. The Morgan fingerprint density at radius 3 is 2.82 bits per heavy atom. The van der Waals surface area contributed by atoms with E-state index in [0.29, 0.717) is 31.8 Å². The highest BCUT2D eigenvalue weighted by Crippen LogP contribution is 2.34. The third-order valence-electron chi connectivity index (χ3n) is 5.27. The molecule has 8 heteroatoms. The summed E-state index contributed by atoms with van der Waals surface area (Å²) in [4.78, 5) is 18.6. The molecule has 1 fully saturated rings. The molecule has 2 N–H and O–H groups in total. The molecule has 1 saturated heterocycles. The van der Waals surface area contributed by atoms with E-state index in [1.807, 2.05) is 17.9 Å². The Morgan fingerprint density at radius 2 is 2.11 bits per heavy atom. The summed E-state index contributed by atoms with van der Waals surface area (Å²) in [5.74, 6) is 1.60. The van der Waals surface area contributed by atoms with Gasteiger partial charge >= 0.3 is 0 Å². The minimum absolute atomic E-state index is 0.135. The zero-order chi connectivity index (χ0) is 19.5. The third-order valence-corrected chi connectivity index (χ3v) is 5.27. The molecule has 1 amide bonds. The minimum Gasteiger partial charge on any atom is -0.343 e. The molecule has 7 nitrogen and oxygen atoms in total. The normalized spacial score (nSPS) is 15.1. The topological polar surface area (TPSA) is 90.6 Å². The Morgan fingerprint density at radius 1 is 1.29 bits per heavy atom. The van der Waals surface area contributed by atoms with E-state index in [1.54, 1.807) is 12.3 Å². The van der Waals surface area contributed by atoms with Gasteiger partial charge in [-0.2, -0.15) is 10.2 Å². The van der Waals surface area contributed by atoms with Gasteiger partial charge in [-0.3, -0.25) is 15.0 Å². The number of benzene rings is 1. The molecule has 0 unspecified atom stereocenters. The van der Waals surface area contributed by atoms with Gasteiger partial charge in [-0.25, -0.2) is 9.37 Å². The molecule has 3 heterocycles. The van der Waals surface area contributed by atoms with E-state index >= 15 is 0 Å². The maximum absolute atomic E-state index is 13.6. The quantitative estimate of drug-likeness (QED) is 0.710. The van der Waals surface area contributed by atoms with Crippen molar-refractivity contribution < 1.29 is 9.18 Å². The first-order valence-electron chi connectivity index (χ1n) is 9.55. The van der Waals surface area contributed by atoms with Crippen LogP contribution in [0, 0.1) is 12.7 Å². The number of likely N-dealkylation sites (tertiary alicyclic amines) is 1. The fourth-order valence-corrected chi connectivity index (χ4v) is 3.79. The van der Waals surface area contributed by atoms with Crippen LogP contribution in [0.5, 0.6) is 0 Å². The lowest BCUT2D eigenvalue weighted by Gasteiger charge is -2.32. The summed E-state index contributed by atoms with van der Waals surface area (Å²) in [5.41, 5.74) is 2.78. The van der Waals surface area contributed by atoms with Gasteiger partial charge in [0, 0.05) is 43.1 Å². The average Bonchev–Trinajstić information content (AvgIpc) is 3.35. The Hall–Kier alpha value is -3.03. The summed E-state index contributed by atoms with van der Waals surface area (Å²) < 4.78 is 13.6. The zero-order valence-corrected chi connectivity index (χ0v) is 15.8. The Balaban J connectivity index is 1.36. The van der Waals surface area contributed by atoms with E-state index in [1.165, 1.54) is 12.1 Å². The van der Waals surface area contributed by atoms with Crippen LogP contribution in [0.15, 0.2) is 30.5 Å². The van der Waals surface area contributed by atoms with Crippen molar-refractivity contribution in [2.45, 2.75) is 38.5 Å². The summed E-state index contributed by atoms with van der Waals surface area (Å²) in [7, 11) is 0. The van der Waals surface area contributed by atoms with Gasteiger partial charge in [-0.15, -0.1) is 0 Å². The Labute approximate surface area is 162 Å². The van der Waals surface area contributed by atoms with Crippen molar-refractivity contribution in [3.63, 3.8) is 0 Å². The van der Waals surface area contributed by atoms with Crippen molar-refractivity contribution in [2.75, 3.05) is 13.1 Å². The molecule has 3 aromatic rings. The largest absolute Gasteiger partial charge is 0.343 e. The van der Waals surface area contributed by atoms with Gasteiger partial charge < -0.3 is 4.90 Å². The number of nitrogens with one attached hydrogen (secondary N) is 2. The Bertz CT molecular complexity index is 957. The summed E-state index contributed by atoms with van der Waals surface area (Å²) in [6.07, 6.45) is 4.43. The first-order chi connectivity index (χ1) is 13.6. The molecule has 0 atom stereocenters. The summed E-state index contributed by atoms with van der Waals surface area (Å²) in [5, 5.41) is 14.1. The van der Waals surface area contributed by atoms with E-state index in [-0.39, 0.29) is 17.6 Å². The molecule has 0 radical (unpaired) electrons. The number of carbonyl (C=O) groups excluding carboxylic acids is 1. The van der Waals surface area contributed by atoms with Gasteiger partial charge in [0.05, 0.1) is 6.20 Å². The number of amides is 1. The molecule has 0 spiro atoms. The molecule has 1 aliphatic heterocycles. The van der Waals surface area contributed by atoms with E-state index in [0.717, 1.165) is 35.5 Å². The predicted octanol–water partition coefficient (Wildman–Crippen LogP) is 2.98. The van der Waals surface area contributed by atoms with Crippen LogP contribution < -0.4 is 0 Å². The highest BCUT2D eigenvalue weighted by molar-refractivity contribution is 5.76. The molecular formula is C20H23FN6O. The molecule has 0 saturated carbocycles.